The number of amides is 2. The van der Waals surface area contributed by atoms with Gasteiger partial charge in [-0.25, -0.2) is 14.8 Å². The number of anilines is 2. The van der Waals surface area contributed by atoms with Gasteiger partial charge in [0.25, 0.3) is 0 Å². The molecule has 0 aliphatic carbocycles. The number of hydrogen-bond acceptors (Lipinski definition) is 5. The fraction of sp³-hybridized carbons (Fsp3) is 0.0417. The van der Waals surface area contributed by atoms with E-state index in [0.29, 0.717) is 12.4 Å². The minimum Gasteiger partial charge on any atom is -0.382 e. The molecule has 0 spiro atoms. The summed E-state index contributed by atoms with van der Waals surface area (Å²) >= 11 is 1.59. The van der Waals surface area contributed by atoms with Crippen LogP contribution in [0, 0.1) is 0 Å². The number of nitrogens with two attached hydrogens (primary N) is 1. The predicted octanol–water partition coefficient (Wildman–Crippen LogP) is 5.42. The molecule has 0 aliphatic rings. The fourth-order valence-electron chi connectivity index (χ4n) is 3.50. The Morgan fingerprint density at radius 2 is 1.77 bits per heavy atom. The van der Waals surface area contributed by atoms with Crippen molar-refractivity contribution in [2.45, 2.75) is 6.54 Å². The Kier molecular flexibility index (Phi) is 4.93. The lowest BCUT2D eigenvalue weighted by atomic mass is 10.0. The Morgan fingerprint density at radius 3 is 2.65 bits per heavy atom. The third-order valence-electron chi connectivity index (χ3n) is 5.03. The van der Waals surface area contributed by atoms with Gasteiger partial charge in [-0.15, -0.1) is 11.3 Å². The lowest BCUT2D eigenvalue weighted by Crippen LogP contribution is -2.28. The Hall–Kier alpha value is -3.97. The first-order chi connectivity index (χ1) is 15.2. The first kappa shape index (κ1) is 19.0. The monoisotopic (exact) mass is 425 g/mol. The summed E-state index contributed by atoms with van der Waals surface area (Å²) in [6.45, 7) is 0.473. The number of hydrogen-bond donors (Lipinski definition) is 3. The zero-order chi connectivity index (χ0) is 21.2. The summed E-state index contributed by atoms with van der Waals surface area (Å²) in [5.74, 6) is 0.500. The summed E-state index contributed by atoms with van der Waals surface area (Å²) in [6, 6.07) is 23.6. The van der Waals surface area contributed by atoms with E-state index < -0.39 is 0 Å². The topological polar surface area (TPSA) is 92.9 Å². The summed E-state index contributed by atoms with van der Waals surface area (Å²) in [5.41, 5.74) is 10.7. The van der Waals surface area contributed by atoms with Crippen LogP contribution in [-0.4, -0.2) is 16.0 Å². The number of fused-ring (bicyclic) bond motifs is 3. The van der Waals surface area contributed by atoms with Gasteiger partial charge in [0.2, 0.25) is 0 Å². The minimum atomic E-state index is -0.241. The maximum Gasteiger partial charge on any atom is 0.319 e. The van der Waals surface area contributed by atoms with Crippen LogP contribution in [0.5, 0.6) is 0 Å². The number of rotatable bonds is 4. The van der Waals surface area contributed by atoms with E-state index in [2.05, 4.69) is 38.8 Å². The largest absolute Gasteiger partial charge is 0.382 e. The molecule has 7 heteroatoms. The van der Waals surface area contributed by atoms with Gasteiger partial charge in [0.05, 0.1) is 10.2 Å². The standard InChI is InChI=1S/C24H19N5OS/c25-23-22-21(27-14-28-23)19-10-9-17(12-20(19)31-22)16-7-4-8-18(11-16)29-24(30)26-13-15-5-2-1-3-6-15/h1-12,14H,13H2,(H2,25,27,28)(H2,26,29,30). The maximum atomic E-state index is 12.3. The van der Waals surface area contributed by atoms with Crippen molar-refractivity contribution < 1.29 is 4.79 Å². The number of thiophene rings is 1. The Labute approximate surface area is 182 Å². The SMILES string of the molecule is Nc1ncnc2c1sc1cc(-c3cccc(NC(=O)NCc4ccccc4)c3)ccc12. The first-order valence-electron chi connectivity index (χ1n) is 9.79. The van der Waals surface area contributed by atoms with E-state index >= 15 is 0 Å². The van der Waals surface area contributed by atoms with Crippen LogP contribution >= 0.6 is 11.3 Å². The van der Waals surface area contributed by atoms with Crippen molar-refractivity contribution in [3.05, 3.63) is 84.7 Å². The molecule has 3 aromatic carbocycles. The lowest BCUT2D eigenvalue weighted by Gasteiger charge is -2.09. The molecule has 2 aromatic heterocycles. The van der Waals surface area contributed by atoms with Gasteiger partial charge in [0.1, 0.15) is 12.1 Å². The average molecular weight is 426 g/mol. The molecule has 31 heavy (non-hydrogen) atoms. The van der Waals surface area contributed by atoms with Gasteiger partial charge < -0.3 is 16.4 Å². The van der Waals surface area contributed by atoms with Crippen molar-refractivity contribution in [3.63, 3.8) is 0 Å². The second-order valence-electron chi connectivity index (χ2n) is 7.12. The second kappa shape index (κ2) is 8.04. The second-order valence-corrected chi connectivity index (χ2v) is 8.18. The van der Waals surface area contributed by atoms with Crippen LogP contribution in [0.15, 0.2) is 79.1 Å². The molecular weight excluding hydrogens is 406 g/mol. The van der Waals surface area contributed by atoms with Crippen LogP contribution in [0.3, 0.4) is 0 Å². The van der Waals surface area contributed by atoms with Gasteiger partial charge >= 0.3 is 6.03 Å². The van der Waals surface area contributed by atoms with Crippen LogP contribution in [0.25, 0.3) is 31.4 Å². The molecule has 0 saturated carbocycles. The molecule has 152 valence electrons. The van der Waals surface area contributed by atoms with Gasteiger partial charge in [-0.1, -0.05) is 54.6 Å². The number of carbonyl (C=O) groups excluding carboxylic acids is 1. The van der Waals surface area contributed by atoms with Crippen molar-refractivity contribution in [2.24, 2.45) is 0 Å². The Morgan fingerprint density at radius 1 is 0.935 bits per heavy atom. The zero-order valence-electron chi connectivity index (χ0n) is 16.5. The molecule has 0 unspecified atom stereocenters. The summed E-state index contributed by atoms with van der Waals surface area (Å²) in [6.07, 6.45) is 1.50. The minimum absolute atomic E-state index is 0.241. The van der Waals surface area contributed by atoms with Crippen molar-refractivity contribution >= 4 is 49.2 Å². The highest BCUT2D eigenvalue weighted by Crippen LogP contribution is 2.37. The summed E-state index contributed by atoms with van der Waals surface area (Å²) in [4.78, 5) is 20.8. The van der Waals surface area contributed by atoms with E-state index in [1.807, 2.05) is 54.6 Å². The van der Waals surface area contributed by atoms with Gasteiger partial charge in [-0.05, 0) is 34.9 Å². The highest BCUT2D eigenvalue weighted by Gasteiger charge is 2.11. The van der Waals surface area contributed by atoms with E-state index in [0.717, 1.165) is 42.7 Å². The molecule has 0 radical (unpaired) electrons. The number of urea groups is 1. The summed E-state index contributed by atoms with van der Waals surface area (Å²) < 4.78 is 2.00. The van der Waals surface area contributed by atoms with Crippen molar-refractivity contribution in [1.29, 1.82) is 0 Å². The molecule has 2 amide bonds. The number of nitrogens with zero attached hydrogens (tertiary/aromatic N) is 2. The van der Waals surface area contributed by atoms with Crippen LogP contribution in [0.4, 0.5) is 16.3 Å². The van der Waals surface area contributed by atoms with Gasteiger partial charge in [0.15, 0.2) is 0 Å². The molecule has 2 heterocycles. The molecule has 0 bridgehead atoms. The molecule has 0 atom stereocenters. The number of aromatic nitrogens is 2. The average Bonchev–Trinajstić information content (AvgIpc) is 3.18. The molecule has 5 rings (SSSR count). The van der Waals surface area contributed by atoms with E-state index in [4.69, 9.17) is 5.73 Å². The lowest BCUT2D eigenvalue weighted by molar-refractivity contribution is 0.251. The molecule has 0 aliphatic heterocycles. The van der Waals surface area contributed by atoms with Crippen LogP contribution in [0.1, 0.15) is 5.56 Å². The first-order valence-corrected chi connectivity index (χ1v) is 10.6. The van der Waals surface area contributed by atoms with E-state index in [9.17, 15) is 4.79 Å². The number of benzene rings is 3. The van der Waals surface area contributed by atoms with E-state index in [-0.39, 0.29) is 6.03 Å². The highest BCUT2D eigenvalue weighted by molar-refractivity contribution is 7.26. The molecule has 0 saturated heterocycles. The smallest absolute Gasteiger partial charge is 0.319 e. The van der Waals surface area contributed by atoms with Crippen molar-refractivity contribution in [1.82, 2.24) is 15.3 Å². The maximum absolute atomic E-state index is 12.3. The molecular formula is C24H19N5OS. The zero-order valence-corrected chi connectivity index (χ0v) is 17.3. The van der Waals surface area contributed by atoms with Crippen LogP contribution < -0.4 is 16.4 Å². The van der Waals surface area contributed by atoms with E-state index in [1.165, 1.54) is 6.33 Å². The summed E-state index contributed by atoms with van der Waals surface area (Å²) in [5, 5.41) is 6.85. The molecule has 6 nitrogen and oxygen atoms in total. The summed E-state index contributed by atoms with van der Waals surface area (Å²) in [7, 11) is 0. The van der Waals surface area contributed by atoms with Crippen LogP contribution in [0.2, 0.25) is 0 Å². The Bertz CT molecular complexity index is 1400. The third kappa shape index (κ3) is 3.91. The van der Waals surface area contributed by atoms with E-state index in [1.54, 1.807) is 11.3 Å². The Balaban J connectivity index is 1.37. The predicted molar refractivity (Wildman–Crippen MR) is 127 cm³/mol. The molecule has 4 N–H and O–H groups in total. The highest BCUT2D eigenvalue weighted by atomic mass is 32.1. The number of carbonyl (C=O) groups is 1. The van der Waals surface area contributed by atoms with Crippen molar-refractivity contribution in [3.8, 4) is 11.1 Å². The normalized spacial score (nSPS) is 11.0. The third-order valence-corrected chi connectivity index (χ3v) is 6.19. The number of nitrogens with one attached hydrogen (secondary N) is 2. The van der Waals surface area contributed by atoms with Gasteiger partial charge in [0, 0.05) is 22.3 Å². The van der Waals surface area contributed by atoms with Crippen molar-refractivity contribution in [2.75, 3.05) is 11.1 Å². The molecule has 5 aromatic rings. The fourth-order valence-corrected chi connectivity index (χ4v) is 4.60. The molecule has 0 fully saturated rings. The van der Waals surface area contributed by atoms with Gasteiger partial charge in [-0.3, -0.25) is 0 Å². The van der Waals surface area contributed by atoms with Gasteiger partial charge in [-0.2, -0.15) is 0 Å². The van der Waals surface area contributed by atoms with Crippen LogP contribution in [-0.2, 0) is 6.54 Å². The number of nitrogen functional groups attached to an aromatic ring is 1. The quantitative estimate of drug-likeness (QED) is 0.359.